The molecular formula is C24H27N3O3S. The summed E-state index contributed by atoms with van der Waals surface area (Å²) in [5.74, 6) is -0.270. The monoisotopic (exact) mass is 437 g/mol. The molecule has 0 bridgehead atoms. The van der Waals surface area contributed by atoms with Crippen molar-refractivity contribution in [2.75, 3.05) is 22.7 Å². The predicted octanol–water partition coefficient (Wildman–Crippen LogP) is 4.26. The molecule has 162 valence electrons. The average molecular weight is 438 g/mol. The van der Waals surface area contributed by atoms with E-state index >= 15 is 0 Å². The molecule has 0 unspecified atom stereocenters. The first-order chi connectivity index (χ1) is 14.9. The van der Waals surface area contributed by atoms with E-state index in [1.165, 1.54) is 18.2 Å². The molecule has 31 heavy (non-hydrogen) atoms. The molecule has 3 aromatic rings. The zero-order chi connectivity index (χ0) is 22.3. The lowest BCUT2D eigenvalue weighted by atomic mass is 10.1. The van der Waals surface area contributed by atoms with E-state index in [2.05, 4.69) is 28.8 Å². The maximum Gasteiger partial charge on any atom is 0.261 e. The minimum Gasteiger partial charge on any atom is -0.372 e. The van der Waals surface area contributed by atoms with Crippen molar-refractivity contribution in [3.05, 3.63) is 90.0 Å². The van der Waals surface area contributed by atoms with E-state index in [-0.39, 0.29) is 10.8 Å². The molecule has 3 aromatic carbocycles. The summed E-state index contributed by atoms with van der Waals surface area (Å²) in [6.45, 7) is 6.50. The lowest BCUT2D eigenvalue weighted by Crippen LogP contribution is -2.23. The van der Waals surface area contributed by atoms with Crippen LogP contribution in [0.1, 0.15) is 29.8 Å². The molecule has 0 aliphatic carbocycles. The number of anilines is 2. The smallest absolute Gasteiger partial charge is 0.261 e. The summed E-state index contributed by atoms with van der Waals surface area (Å²) in [5, 5.41) is 2.88. The van der Waals surface area contributed by atoms with Gasteiger partial charge in [0.2, 0.25) is 0 Å². The van der Waals surface area contributed by atoms with Crippen molar-refractivity contribution >= 4 is 27.3 Å². The highest BCUT2D eigenvalue weighted by Crippen LogP contribution is 2.18. The molecule has 0 aromatic heterocycles. The highest BCUT2D eigenvalue weighted by Gasteiger charge is 2.14. The number of rotatable bonds is 9. The van der Waals surface area contributed by atoms with Crippen LogP contribution in [0.4, 0.5) is 11.4 Å². The number of carbonyl (C=O) groups is 1. The first-order valence-corrected chi connectivity index (χ1v) is 11.7. The number of carbonyl (C=O) groups excluding carboxylic acids is 1. The molecular weight excluding hydrogens is 410 g/mol. The second-order valence-electron chi connectivity index (χ2n) is 7.02. The van der Waals surface area contributed by atoms with Gasteiger partial charge in [0.15, 0.2) is 0 Å². The maximum atomic E-state index is 12.6. The van der Waals surface area contributed by atoms with Crippen LogP contribution in [-0.2, 0) is 16.6 Å². The number of amides is 1. The average Bonchev–Trinajstić information content (AvgIpc) is 2.79. The molecule has 2 N–H and O–H groups in total. The number of benzene rings is 3. The van der Waals surface area contributed by atoms with Crippen LogP contribution >= 0.6 is 0 Å². The molecule has 0 fully saturated rings. The molecule has 0 aliphatic heterocycles. The van der Waals surface area contributed by atoms with Gasteiger partial charge < -0.3 is 10.2 Å². The fourth-order valence-electron chi connectivity index (χ4n) is 3.24. The Labute approximate surface area is 184 Å². The Balaban J connectivity index is 1.64. The molecule has 0 saturated carbocycles. The minimum absolute atomic E-state index is 0.165. The standard InChI is InChI=1S/C24H27N3O3S/c1-3-27(4-2)22-15-13-19(14-16-22)18-25-24(28)20-9-8-10-21(17-20)26-31(29,30)23-11-6-5-7-12-23/h5-17,26H,3-4,18H2,1-2H3,(H,25,28). The summed E-state index contributed by atoms with van der Waals surface area (Å²) in [6, 6.07) is 22.6. The van der Waals surface area contributed by atoms with Gasteiger partial charge in [0.1, 0.15) is 0 Å². The third kappa shape index (κ3) is 5.86. The molecule has 1 amide bonds. The van der Waals surface area contributed by atoms with Gasteiger partial charge in [0, 0.05) is 36.6 Å². The Kier molecular flexibility index (Phi) is 7.31. The van der Waals surface area contributed by atoms with Gasteiger partial charge in [-0.2, -0.15) is 0 Å². The van der Waals surface area contributed by atoms with Gasteiger partial charge in [-0.05, 0) is 61.9 Å². The zero-order valence-corrected chi connectivity index (χ0v) is 18.5. The number of nitrogens with zero attached hydrogens (tertiary/aromatic N) is 1. The first-order valence-electron chi connectivity index (χ1n) is 10.2. The van der Waals surface area contributed by atoms with E-state index in [4.69, 9.17) is 0 Å². The van der Waals surface area contributed by atoms with E-state index < -0.39 is 10.0 Å². The van der Waals surface area contributed by atoms with Crippen molar-refractivity contribution in [2.24, 2.45) is 0 Å². The topological polar surface area (TPSA) is 78.5 Å². The number of sulfonamides is 1. The molecule has 0 aliphatic rings. The predicted molar refractivity (Wildman–Crippen MR) is 125 cm³/mol. The van der Waals surface area contributed by atoms with E-state index in [1.807, 2.05) is 24.3 Å². The fourth-order valence-corrected chi connectivity index (χ4v) is 4.31. The van der Waals surface area contributed by atoms with Crippen molar-refractivity contribution < 1.29 is 13.2 Å². The molecule has 0 spiro atoms. The normalized spacial score (nSPS) is 11.0. The van der Waals surface area contributed by atoms with Crippen LogP contribution in [0.5, 0.6) is 0 Å². The van der Waals surface area contributed by atoms with Crippen molar-refractivity contribution in [3.8, 4) is 0 Å². The van der Waals surface area contributed by atoms with Gasteiger partial charge in [0.25, 0.3) is 15.9 Å². The fraction of sp³-hybridized carbons (Fsp3) is 0.208. The quantitative estimate of drug-likeness (QED) is 0.524. The van der Waals surface area contributed by atoms with Crippen LogP contribution in [0.25, 0.3) is 0 Å². The van der Waals surface area contributed by atoms with Gasteiger partial charge >= 0.3 is 0 Å². The van der Waals surface area contributed by atoms with Gasteiger partial charge in [-0.25, -0.2) is 8.42 Å². The molecule has 0 heterocycles. The Morgan fingerprint density at radius 2 is 1.55 bits per heavy atom. The molecule has 7 heteroatoms. The molecule has 3 rings (SSSR count). The van der Waals surface area contributed by atoms with Gasteiger partial charge in [-0.3, -0.25) is 9.52 Å². The Morgan fingerprint density at radius 1 is 0.871 bits per heavy atom. The van der Waals surface area contributed by atoms with E-state index in [0.29, 0.717) is 17.8 Å². The summed E-state index contributed by atoms with van der Waals surface area (Å²) in [5.41, 5.74) is 2.86. The zero-order valence-electron chi connectivity index (χ0n) is 17.7. The highest BCUT2D eigenvalue weighted by atomic mass is 32.2. The van der Waals surface area contributed by atoms with Crippen LogP contribution in [0, 0.1) is 0 Å². The number of hydrogen-bond acceptors (Lipinski definition) is 4. The van der Waals surface area contributed by atoms with Crippen LogP contribution < -0.4 is 14.9 Å². The maximum absolute atomic E-state index is 12.6. The van der Waals surface area contributed by atoms with Gasteiger partial charge in [-0.15, -0.1) is 0 Å². The van der Waals surface area contributed by atoms with E-state index in [1.54, 1.807) is 36.4 Å². The second kappa shape index (κ2) is 10.1. The summed E-state index contributed by atoms with van der Waals surface area (Å²) in [4.78, 5) is 15.0. The first kappa shape index (κ1) is 22.4. The molecule has 0 saturated heterocycles. The lowest BCUT2D eigenvalue weighted by Gasteiger charge is -2.21. The largest absolute Gasteiger partial charge is 0.372 e. The van der Waals surface area contributed by atoms with Crippen LogP contribution in [-0.4, -0.2) is 27.4 Å². The lowest BCUT2D eigenvalue weighted by molar-refractivity contribution is 0.0951. The Hall–Kier alpha value is -3.32. The second-order valence-corrected chi connectivity index (χ2v) is 8.70. The van der Waals surface area contributed by atoms with Crippen LogP contribution in [0.15, 0.2) is 83.8 Å². The van der Waals surface area contributed by atoms with E-state index in [9.17, 15) is 13.2 Å². The van der Waals surface area contributed by atoms with E-state index in [0.717, 1.165) is 24.3 Å². The van der Waals surface area contributed by atoms with Crippen molar-refractivity contribution in [2.45, 2.75) is 25.3 Å². The van der Waals surface area contributed by atoms with Crippen LogP contribution in [0.2, 0.25) is 0 Å². The highest BCUT2D eigenvalue weighted by molar-refractivity contribution is 7.92. The van der Waals surface area contributed by atoms with Crippen LogP contribution in [0.3, 0.4) is 0 Å². The summed E-state index contributed by atoms with van der Waals surface area (Å²) in [7, 11) is -3.71. The van der Waals surface area contributed by atoms with Crippen molar-refractivity contribution in [1.82, 2.24) is 5.32 Å². The Morgan fingerprint density at radius 3 is 2.19 bits per heavy atom. The summed E-state index contributed by atoms with van der Waals surface area (Å²) in [6.07, 6.45) is 0. The van der Waals surface area contributed by atoms with Gasteiger partial charge in [-0.1, -0.05) is 36.4 Å². The number of hydrogen-bond donors (Lipinski definition) is 2. The summed E-state index contributed by atoms with van der Waals surface area (Å²) < 4.78 is 27.5. The third-order valence-corrected chi connectivity index (χ3v) is 6.35. The molecule has 0 radical (unpaired) electrons. The third-order valence-electron chi connectivity index (χ3n) is 4.95. The van der Waals surface area contributed by atoms with Crippen molar-refractivity contribution in [3.63, 3.8) is 0 Å². The van der Waals surface area contributed by atoms with Crippen molar-refractivity contribution in [1.29, 1.82) is 0 Å². The SMILES string of the molecule is CCN(CC)c1ccc(CNC(=O)c2cccc(NS(=O)(=O)c3ccccc3)c2)cc1. The summed E-state index contributed by atoms with van der Waals surface area (Å²) >= 11 is 0. The Bertz CT molecular complexity index is 1110. The minimum atomic E-state index is -3.71. The molecule has 6 nitrogen and oxygen atoms in total. The van der Waals surface area contributed by atoms with Gasteiger partial charge in [0.05, 0.1) is 4.90 Å². The number of nitrogens with one attached hydrogen (secondary N) is 2. The molecule has 0 atom stereocenters.